The van der Waals surface area contributed by atoms with E-state index in [2.05, 4.69) is 10.6 Å². The van der Waals surface area contributed by atoms with E-state index in [0.29, 0.717) is 10.7 Å². The van der Waals surface area contributed by atoms with Gasteiger partial charge in [-0.25, -0.2) is 0 Å². The summed E-state index contributed by atoms with van der Waals surface area (Å²) in [6.45, 7) is 1.52. The molecule has 0 aliphatic rings. The van der Waals surface area contributed by atoms with Gasteiger partial charge in [-0.05, 0) is 61.5 Å². The van der Waals surface area contributed by atoms with Gasteiger partial charge in [0.1, 0.15) is 5.75 Å². The fourth-order valence-electron chi connectivity index (χ4n) is 2.77. The molecule has 33 heavy (non-hydrogen) atoms. The average Bonchev–Trinajstić information content (AvgIpc) is 2.75. The van der Waals surface area contributed by atoms with E-state index >= 15 is 0 Å². The second-order valence-corrected chi connectivity index (χ2v) is 7.78. The standard InChI is InChI=1S/C23H17Cl2F3N2O3/c1-13(33-20-9-8-16(24)12-19(20)25)21(31)29-17-6-2-4-14(10-17)22(32)30-18-7-3-5-15(11-18)23(26,27)28/h2-13H,1H3,(H,29,31)(H,30,32). The maximum absolute atomic E-state index is 12.9. The number of amides is 2. The molecule has 2 amide bonds. The van der Waals surface area contributed by atoms with Crippen LogP contribution < -0.4 is 15.4 Å². The molecule has 0 fully saturated rings. The van der Waals surface area contributed by atoms with Gasteiger partial charge < -0.3 is 15.4 Å². The summed E-state index contributed by atoms with van der Waals surface area (Å²) < 4.78 is 44.2. The number of anilines is 2. The van der Waals surface area contributed by atoms with Crippen molar-refractivity contribution >= 4 is 46.4 Å². The Morgan fingerprint density at radius 3 is 2.24 bits per heavy atom. The summed E-state index contributed by atoms with van der Waals surface area (Å²) in [6.07, 6.45) is -5.45. The molecule has 2 N–H and O–H groups in total. The van der Waals surface area contributed by atoms with Crippen LogP contribution in [0.5, 0.6) is 5.75 Å². The van der Waals surface area contributed by atoms with Gasteiger partial charge in [0.15, 0.2) is 6.10 Å². The minimum Gasteiger partial charge on any atom is -0.479 e. The zero-order chi connectivity index (χ0) is 24.2. The van der Waals surface area contributed by atoms with Crippen molar-refractivity contribution in [3.05, 3.63) is 87.9 Å². The van der Waals surface area contributed by atoms with Crippen molar-refractivity contribution in [1.82, 2.24) is 0 Å². The van der Waals surface area contributed by atoms with Gasteiger partial charge in [-0.3, -0.25) is 9.59 Å². The van der Waals surface area contributed by atoms with Crippen molar-refractivity contribution in [2.45, 2.75) is 19.2 Å². The highest BCUT2D eigenvalue weighted by Gasteiger charge is 2.30. The minimum atomic E-state index is -4.53. The number of nitrogens with one attached hydrogen (secondary N) is 2. The van der Waals surface area contributed by atoms with Crippen LogP contribution in [0.15, 0.2) is 66.7 Å². The Kier molecular flexibility index (Phi) is 7.50. The van der Waals surface area contributed by atoms with Gasteiger partial charge in [-0.15, -0.1) is 0 Å². The van der Waals surface area contributed by atoms with Crippen LogP contribution in [-0.4, -0.2) is 17.9 Å². The number of hydrogen-bond donors (Lipinski definition) is 2. The van der Waals surface area contributed by atoms with Crippen molar-refractivity contribution in [3.8, 4) is 5.75 Å². The zero-order valence-corrected chi connectivity index (χ0v) is 18.6. The summed E-state index contributed by atoms with van der Waals surface area (Å²) in [5.74, 6) is -0.864. The summed E-state index contributed by atoms with van der Waals surface area (Å²) in [5, 5.41) is 5.70. The largest absolute Gasteiger partial charge is 0.479 e. The van der Waals surface area contributed by atoms with Gasteiger partial charge in [0.05, 0.1) is 10.6 Å². The third-order valence-corrected chi connectivity index (χ3v) is 4.94. The summed E-state index contributed by atoms with van der Waals surface area (Å²) in [5.41, 5.74) is -0.448. The summed E-state index contributed by atoms with van der Waals surface area (Å²) in [7, 11) is 0. The Morgan fingerprint density at radius 1 is 0.909 bits per heavy atom. The number of ether oxygens (including phenoxy) is 1. The van der Waals surface area contributed by atoms with Crippen LogP contribution in [0.4, 0.5) is 24.5 Å². The Bertz CT molecular complexity index is 1190. The first-order chi connectivity index (χ1) is 15.5. The predicted molar refractivity (Wildman–Crippen MR) is 121 cm³/mol. The lowest BCUT2D eigenvalue weighted by Crippen LogP contribution is -2.30. The molecule has 0 bridgehead atoms. The monoisotopic (exact) mass is 496 g/mol. The van der Waals surface area contributed by atoms with Gasteiger partial charge in [0, 0.05) is 22.0 Å². The third-order valence-electron chi connectivity index (χ3n) is 4.41. The Labute approximate surface area is 197 Å². The Hall–Kier alpha value is -3.23. The Balaban J connectivity index is 1.66. The maximum atomic E-state index is 12.9. The third kappa shape index (κ3) is 6.63. The molecule has 1 atom stereocenters. The van der Waals surface area contributed by atoms with E-state index in [1.807, 2.05) is 0 Å². The molecule has 0 aromatic heterocycles. The minimum absolute atomic E-state index is 0.00821. The van der Waals surface area contributed by atoms with E-state index in [0.717, 1.165) is 12.1 Å². The number of carbonyl (C=O) groups excluding carboxylic acids is 2. The number of alkyl halides is 3. The van der Waals surface area contributed by atoms with Crippen LogP contribution in [-0.2, 0) is 11.0 Å². The molecule has 0 radical (unpaired) electrons. The highest BCUT2D eigenvalue weighted by atomic mass is 35.5. The molecule has 0 aliphatic carbocycles. The number of carbonyl (C=O) groups is 2. The summed E-state index contributed by atoms with van der Waals surface area (Å²) in [6, 6.07) is 14.8. The fraction of sp³-hybridized carbons (Fsp3) is 0.130. The number of rotatable bonds is 6. The highest BCUT2D eigenvalue weighted by molar-refractivity contribution is 6.35. The van der Waals surface area contributed by atoms with Crippen molar-refractivity contribution in [2.24, 2.45) is 0 Å². The normalized spacial score (nSPS) is 12.1. The van der Waals surface area contributed by atoms with E-state index in [1.165, 1.54) is 49.4 Å². The molecule has 0 spiro atoms. The van der Waals surface area contributed by atoms with Gasteiger partial charge in [-0.1, -0.05) is 35.3 Å². The van der Waals surface area contributed by atoms with E-state index < -0.39 is 29.7 Å². The molecule has 0 saturated carbocycles. The molecule has 1 unspecified atom stereocenters. The SMILES string of the molecule is CC(Oc1ccc(Cl)cc1Cl)C(=O)Nc1cccc(C(=O)Nc2cccc(C(F)(F)F)c2)c1. The number of halogens is 5. The van der Waals surface area contributed by atoms with Gasteiger partial charge >= 0.3 is 6.18 Å². The van der Waals surface area contributed by atoms with Gasteiger partial charge in [0.25, 0.3) is 11.8 Å². The smallest absolute Gasteiger partial charge is 0.416 e. The van der Waals surface area contributed by atoms with Crippen LogP contribution in [0.25, 0.3) is 0 Å². The van der Waals surface area contributed by atoms with Crippen molar-refractivity contribution in [1.29, 1.82) is 0 Å². The molecule has 3 aromatic rings. The lowest BCUT2D eigenvalue weighted by molar-refractivity contribution is -0.137. The quantitative estimate of drug-likeness (QED) is 0.400. The van der Waals surface area contributed by atoms with E-state index in [4.69, 9.17) is 27.9 Å². The molecular weight excluding hydrogens is 480 g/mol. The molecule has 0 saturated heterocycles. The second-order valence-electron chi connectivity index (χ2n) is 6.94. The molecule has 172 valence electrons. The predicted octanol–water partition coefficient (Wildman–Crippen LogP) is 6.67. The second kappa shape index (κ2) is 10.1. The summed E-state index contributed by atoms with van der Waals surface area (Å²) in [4.78, 5) is 25.0. The molecule has 3 aromatic carbocycles. The first-order valence-corrected chi connectivity index (χ1v) is 10.3. The number of benzene rings is 3. The molecule has 0 heterocycles. The van der Waals surface area contributed by atoms with Gasteiger partial charge in [0.2, 0.25) is 0 Å². The first kappa shape index (κ1) is 24.4. The Morgan fingerprint density at radius 2 is 1.58 bits per heavy atom. The lowest BCUT2D eigenvalue weighted by atomic mass is 10.1. The maximum Gasteiger partial charge on any atom is 0.416 e. The zero-order valence-electron chi connectivity index (χ0n) is 17.0. The van der Waals surface area contributed by atoms with Crippen LogP contribution in [0.3, 0.4) is 0 Å². The summed E-state index contributed by atoms with van der Waals surface area (Å²) >= 11 is 11.9. The topological polar surface area (TPSA) is 67.4 Å². The van der Waals surface area contributed by atoms with Crippen molar-refractivity contribution in [3.63, 3.8) is 0 Å². The van der Waals surface area contributed by atoms with Crippen LogP contribution in [0, 0.1) is 0 Å². The average molecular weight is 497 g/mol. The molecule has 5 nitrogen and oxygen atoms in total. The lowest BCUT2D eigenvalue weighted by Gasteiger charge is -2.16. The van der Waals surface area contributed by atoms with Crippen LogP contribution in [0.1, 0.15) is 22.8 Å². The van der Waals surface area contributed by atoms with Crippen LogP contribution >= 0.6 is 23.2 Å². The van der Waals surface area contributed by atoms with E-state index in [-0.39, 0.29) is 22.0 Å². The number of hydrogen-bond acceptors (Lipinski definition) is 3. The van der Waals surface area contributed by atoms with E-state index in [9.17, 15) is 22.8 Å². The molecule has 3 rings (SSSR count). The van der Waals surface area contributed by atoms with Crippen LogP contribution in [0.2, 0.25) is 10.0 Å². The van der Waals surface area contributed by atoms with Crippen molar-refractivity contribution < 1.29 is 27.5 Å². The molecule has 0 aliphatic heterocycles. The first-order valence-electron chi connectivity index (χ1n) is 9.54. The highest BCUT2D eigenvalue weighted by Crippen LogP contribution is 2.31. The molecule has 10 heteroatoms. The van der Waals surface area contributed by atoms with Gasteiger partial charge in [-0.2, -0.15) is 13.2 Å². The molecular formula is C23H17Cl2F3N2O3. The van der Waals surface area contributed by atoms with Crippen molar-refractivity contribution in [2.75, 3.05) is 10.6 Å². The van der Waals surface area contributed by atoms with E-state index in [1.54, 1.807) is 12.1 Å². The fourth-order valence-corrected chi connectivity index (χ4v) is 3.23.